The lowest BCUT2D eigenvalue weighted by molar-refractivity contribution is -0.123. The first kappa shape index (κ1) is 13.4. The second-order valence-corrected chi connectivity index (χ2v) is 3.68. The zero-order chi connectivity index (χ0) is 12.5. The van der Waals surface area contributed by atoms with Crippen LogP contribution in [0, 0.1) is 0 Å². The zero-order valence-electron chi connectivity index (χ0n) is 9.97. The molecule has 0 radical (unpaired) electrons. The number of hydrogen-bond acceptors (Lipinski definition) is 3. The Balaban J connectivity index is 2.57. The summed E-state index contributed by atoms with van der Waals surface area (Å²) in [5, 5.41) is 11.8. The number of carbonyl (C=O) groups is 1. The van der Waals surface area contributed by atoms with E-state index < -0.39 is 6.04 Å². The highest BCUT2D eigenvalue weighted by molar-refractivity contribution is 5.86. The van der Waals surface area contributed by atoms with Gasteiger partial charge in [0.1, 0.15) is 0 Å². The highest BCUT2D eigenvalue weighted by Gasteiger charge is 2.14. The second-order valence-electron chi connectivity index (χ2n) is 3.68. The van der Waals surface area contributed by atoms with Crippen LogP contribution in [-0.4, -0.2) is 36.4 Å². The standard InChI is InChI=1S/C13H18N2O2/c1-2-8-14-13(17)12(10-16)15-9-11-6-4-3-5-7-11/h3-7,9,12,16H,2,8,10H2,1H3,(H,14,17)/t12-/m0/s1. The van der Waals surface area contributed by atoms with Gasteiger partial charge in [0, 0.05) is 12.8 Å². The average Bonchev–Trinajstić information content (AvgIpc) is 2.38. The Hall–Kier alpha value is -1.68. The third-order valence-electron chi connectivity index (χ3n) is 2.23. The van der Waals surface area contributed by atoms with E-state index in [1.165, 1.54) is 0 Å². The molecule has 0 aromatic heterocycles. The first-order chi connectivity index (χ1) is 8.27. The summed E-state index contributed by atoms with van der Waals surface area (Å²) in [6, 6.07) is 8.76. The summed E-state index contributed by atoms with van der Waals surface area (Å²) >= 11 is 0. The van der Waals surface area contributed by atoms with Gasteiger partial charge < -0.3 is 10.4 Å². The molecule has 1 atom stereocenters. The van der Waals surface area contributed by atoms with E-state index >= 15 is 0 Å². The van der Waals surface area contributed by atoms with E-state index in [1.54, 1.807) is 6.21 Å². The van der Waals surface area contributed by atoms with E-state index in [-0.39, 0.29) is 12.5 Å². The van der Waals surface area contributed by atoms with Crippen molar-refractivity contribution in [1.82, 2.24) is 5.32 Å². The number of aliphatic imine (C=N–C) groups is 1. The Morgan fingerprint density at radius 3 is 2.76 bits per heavy atom. The molecule has 0 aliphatic carbocycles. The van der Waals surface area contributed by atoms with Gasteiger partial charge in [-0.05, 0) is 12.0 Å². The van der Waals surface area contributed by atoms with Crippen LogP contribution in [0.2, 0.25) is 0 Å². The van der Waals surface area contributed by atoms with Crippen LogP contribution in [-0.2, 0) is 4.79 Å². The number of nitrogens with zero attached hydrogens (tertiary/aromatic N) is 1. The lowest BCUT2D eigenvalue weighted by Crippen LogP contribution is -2.36. The summed E-state index contributed by atoms with van der Waals surface area (Å²) in [5.41, 5.74) is 0.911. The van der Waals surface area contributed by atoms with Crippen LogP contribution in [0.25, 0.3) is 0 Å². The lowest BCUT2D eigenvalue weighted by atomic mass is 10.2. The maximum absolute atomic E-state index is 11.6. The van der Waals surface area contributed by atoms with Crippen molar-refractivity contribution < 1.29 is 9.90 Å². The number of carbonyl (C=O) groups excluding carboxylic acids is 1. The summed E-state index contributed by atoms with van der Waals surface area (Å²) < 4.78 is 0. The number of amides is 1. The molecule has 17 heavy (non-hydrogen) atoms. The molecule has 0 fully saturated rings. The number of benzene rings is 1. The summed E-state index contributed by atoms with van der Waals surface area (Å²) in [6.45, 7) is 2.30. The van der Waals surface area contributed by atoms with Gasteiger partial charge in [-0.1, -0.05) is 37.3 Å². The molecule has 0 saturated heterocycles. The summed E-state index contributed by atoms with van der Waals surface area (Å²) in [5.74, 6) is -0.235. The molecule has 0 unspecified atom stereocenters. The summed E-state index contributed by atoms with van der Waals surface area (Å²) in [6.07, 6.45) is 2.47. The van der Waals surface area contributed by atoms with Crippen molar-refractivity contribution in [3.63, 3.8) is 0 Å². The predicted molar refractivity (Wildman–Crippen MR) is 68.2 cm³/mol. The molecular formula is C13H18N2O2. The smallest absolute Gasteiger partial charge is 0.247 e. The molecule has 0 saturated carbocycles. The van der Waals surface area contributed by atoms with E-state index in [1.807, 2.05) is 37.3 Å². The van der Waals surface area contributed by atoms with Gasteiger partial charge in [0.2, 0.25) is 5.91 Å². The van der Waals surface area contributed by atoms with Gasteiger partial charge in [0.15, 0.2) is 6.04 Å². The average molecular weight is 234 g/mol. The van der Waals surface area contributed by atoms with E-state index in [0.29, 0.717) is 6.54 Å². The fourth-order valence-electron chi connectivity index (χ4n) is 1.28. The topological polar surface area (TPSA) is 61.7 Å². The normalized spacial score (nSPS) is 12.6. The summed E-state index contributed by atoms with van der Waals surface area (Å²) in [4.78, 5) is 15.6. The van der Waals surface area contributed by atoms with Gasteiger partial charge in [-0.3, -0.25) is 9.79 Å². The van der Waals surface area contributed by atoms with Gasteiger partial charge in [0.25, 0.3) is 0 Å². The van der Waals surface area contributed by atoms with E-state index in [9.17, 15) is 4.79 Å². The fourth-order valence-corrected chi connectivity index (χ4v) is 1.28. The maximum Gasteiger partial charge on any atom is 0.247 e. The van der Waals surface area contributed by atoms with Gasteiger partial charge in [-0.15, -0.1) is 0 Å². The molecule has 1 aromatic carbocycles. The molecular weight excluding hydrogens is 216 g/mol. The molecule has 0 aliphatic rings. The molecule has 92 valence electrons. The molecule has 1 amide bonds. The highest BCUT2D eigenvalue weighted by atomic mass is 16.3. The summed E-state index contributed by atoms with van der Waals surface area (Å²) in [7, 11) is 0. The fraction of sp³-hybridized carbons (Fsp3) is 0.385. The highest BCUT2D eigenvalue weighted by Crippen LogP contribution is 1.97. The monoisotopic (exact) mass is 234 g/mol. The van der Waals surface area contributed by atoms with Gasteiger partial charge in [0.05, 0.1) is 6.61 Å². The third-order valence-corrected chi connectivity index (χ3v) is 2.23. The molecule has 2 N–H and O–H groups in total. The van der Waals surface area contributed by atoms with E-state index in [0.717, 1.165) is 12.0 Å². The number of aliphatic hydroxyl groups excluding tert-OH is 1. The van der Waals surface area contributed by atoms with Crippen molar-refractivity contribution in [2.24, 2.45) is 4.99 Å². The van der Waals surface area contributed by atoms with Crippen LogP contribution in [0.5, 0.6) is 0 Å². The zero-order valence-corrected chi connectivity index (χ0v) is 9.97. The molecule has 1 rings (SSSR count). The third kappa shape index (κ3) is 4.78. The minimum atomic E-state index is -0.721. The SMILES string of the molecule is CCCNC(=O)[C@H](CO)N=Cc1ccccc1. The first-order valence-electron chi connectivity index (χ1n) is 5.74. The van der Waals surface area contributed by atoms with Crippen molar-refractivity contribution in [2.75, 3.05) is 13.2 Å². The van der Waals surface area contributed by atoms with E-state index in [2.05, 4.69) is 10.3 Å². The molecule has 0 heterocycles. The number of nitrogens with one attached hydrogen (secondary N) is 1. The predicted octanol–water partition coefficient (Wildman–Crippen LogP) is 0.993. The van der Waals surface area contributed by atoms with Crippen molar-refractivity contribution in [3.8, 4) is 0 Å². The molecule has 4 heteroatoms. The minimum Gasteiger partial charge on any atom is -0.394 e. The van der Waals surface area contributed by atoms with Crippen molar-refractivity contribution in [2.45, 2.75) is 19.4 Å². The quantitative estimate of drug-likeness (QED) is 0.721. The van der Waals surface area contributed by atoms with Crippen LogP contribution < -0.4 is 5.32 Å². The van der Waals surface area contributed by atoms with E-state index in [4.69, 9.17) is 5.11 Å². The van der Waals surface area contributed by atoms with Crippen LogP contribution in [0.4, 0.5) is 0 Å². The minimum absolute atomic E-state index is 0.235. The van der Waals surface area contributed by atoms with Crippen LogP contribution in [0.3, 0.4) is 0 Å². The number of rotatable bonds is 6. The molecule has 1 aromatic rings. The second kappa shape index (κ2) is 7.57. The largest absolute Gasteiger partial charge is 0.394 e. The lowest BCUT2D eigenvalue weighted by Gasteiger charge is -2.09. The van der Waals surface area contributed by atoms with Gasteiger partial charge >= 0.3 is 0 Å². The Bertz CT molecular complexity index is 363. The molecule has 0 bridgehead atoms. The number of hydrogen-bond donors (Lipinski definition) is 2. The Morgan fingerprint density at radius 2 is 2.18 bits per heavy atom. The van der Waals surface area contributed by atoms with Gasteiger partial charge in [-0.25, -0.2) is 0 Å². The Kier molecular flexibility index (Phi) is 5.96. The van der Waals surface area contributed by atoms with Crippen molar-refractivity contribution >= 4 is 12.1 Å². The number of aliphatic hydroxyl groups is 1. The van der Waals surface area contributed by atoms with Crippen LogP contribution in [0.1, 0.15) is 18.9 Å². The molecule has 0 aliphatic heterocycles. The Labute approximate surface area is 101 Å². The van der Waals surface area contributed by atoms with Crippen molar-refractivity contribution in [1.29, 1.82) is 0 Å². The van der Waals surface area contributed by atoms with Crippen LogP contribution >= 0.6 is 0 Å². The van der Waals surface area contributed by atoms with Gasteiger partial charge in [-0.2, -0.15) is 0 Å². The maximum atomic E-state index is 11.6. The first-order valence-corrected chi connectivity index (χ1v) is 5.74. The molecule has 0 spiro atoms. The van der Waals surface area contributed by atoms with Crippen LogP contribution in [0.15, 0.2) is 35.3 Å². The Morgan fingerprint density at radius 1 is 1.47 bits per heavy atom. The van der Waals surface area contributed by atoms with Crippen molar-refractivity contribution in [3.05, 3.63) is 35.9 Å². The molecule has 4 nitrogen and oxygen atoms in total.